The molecule has 1 atom stereocenters. The number of hydrogen-bond acceptors (Lipinski definition) is 5. The van der Waals surface area contributed by atoms with Gasteiger partial charge in [-0.15, -0.1) is 0 Å². The van der Waals surface area contributed by atoms with E-state index in [0.717, 1.165) is 47.1 Å². The van der Waals surface area contributed by atoms with E-state index in [1.54, 1.807) is 7.11 Å². The number of hydrogen-bond donors (Lipinski definition) is 0. The summed E-state index contributed by atoms with van der Waals surface area (Å²) >= 11 is 0. The van der Waals surface area contributed by atoms with Crippen molar-refractivity contribution in [2.45, 2.75) is 26.9 Å². The molecule has 0 spiro atoms. The van der Waals surface area contributed by atoms with Gasteiger partial charge in [0.2, 0.25) is 0 Å². The Hall–Kier alpha value is -3.60. The molecule has 2 heterocycles. The first-order valence-corrected chi connectivity index (χ1v) is 11.3. The van der Waals surface area contributed by atoms with Crippen molar-refractivity contribution in [2.24, 2.45) is 11.0 Å². The Bertz CT molecular complexity index is 1160. The Morgan fingerprint density at radius 3 is 2.64 bits per heavy atom. The van der Waals surface area contributed by atoms with Crippen molar-refractivity contribution in [1.82, 2.24) is 9.99 Å². The molecular formula is C28H32N4O. The molecule has 0 aliphatic carbocycles. The van der Waals surface area contributed by atoms with E-state index < -0.39 is 0 Å². The van der Waals surface area contributed by atoms with Crippen molar-refractivity contribution < 1.29 is 4.74 Å². The first-order valence-electron chi connectivity index (χ1n) is 11.3. The van der Waals surface area contributed by atoms with E-state index in [-0.39, 0.29) is 0 Å². The van der Waals surface area contributed by atoms with Crippen LogP contribution in [0.4, 0.5) is 5.82 Å². The lowest BCUT2D eigenvalue weighted by atomic mass is 9.97. The zero-order valence-electron chi connectivity index (χ0n) is 20.0. The average Bonchev–Trinajstić information content (AvgIpc) is 3.19. The predicted molar refractivity (Wildman–Crippen MR) is 137 cm³/mol. The van der Waals surface area contributed by atoms with E-state index in [0.29, 0.717) is 12.5 Å². The maximum Gasteiger partial charge on any atom is 0.128 e. The number of ether oxygens (including phenoxy) is 1. The molecule has 0 N–H and O–H groups in total. The summed E-state index contributed by atoms with van der Waals surface area (Å²) in [6.45, 7) is 10.8. The van der Waals surface area contributed by atoms with Crippen molar-refractivity contribution in [3.63, 3.8) is 0 Å². The SMILES string of the molecule is C=C(C)c1ccccc1CN1CC(C)C(c2ccc(CN(C)c3ccccn3)c(OC)c2)=N1. The van der Waals surface area contributed by atoms with Crippen LogP contribution in [0.25, 0.3) is 5.57 Å². The molecule has 5 heteroatoms. The van der Waals surface area contributed by atoms with E-state index in [1.807, 2.05) is 31.4 Å². The molecule has 4 rings (SSSR count). The molecule has 5 nitrogen and oxygen atoms in total. The fourth-order valence-corrected chi connectivity index (χ4v) is 4.36. The Kier molecular flexibility index (Phi) is 6.78. The summed E-state index contributed by atoms with van der Waals surface area (Å²) in [7, 11) is 3.77. The highest BCUT2D eigenvalue weighted by molar-refractivity contribution is 6.03. The number of rotatable bonds is 8. The zero-order chi connectivity index (χ0) is 23.4. The largest absolute Gasteiger partial charge is 0.496 e. The van der Waals surface area contributed by atoms with Gasteiger partial charge in [-0.1, -0.05) is 61.5 Å². The number of hydrazone groups is 1. The topological polar surface area (TPSA) is 41.0 Å². The third-order valence-electron chi connectivity index (χ3n) is 6.06. The van der Waals surface area contributed by atoms with Crippen LogP contribution in [0.5, 0.6) is 5.75 Å². The molecule has 3 aromatic rings. The van der Waals surface area contributed by atoms with Crippen LogP contribution in [0.15, 0.2) is 78.5 Å². The van der Waals surface area contributed by atoms with Gasteiger partial charge in [-0.2, -0.15) is 5.10 Å². The molecule has 0 fully saturated rings. The van der Waals surface area contributed by atoms with Gasteiger partial charge in [0, 0.05) is 43.4 Å². The second kappa shape index (κ2) is 9.90. The third kappa shape index (κ3) is 5.08. The quantitative estimate of drug-likeness (QED) is 0.456. The standard InChI is InChI=1S/C28H32N4O/c1-20(2)25-11-7-6-10-23(25)19-32-17-21(3)28(30-32)22-13-14-24(26(16-22)33-5)18-31(4)27-12-8-9-15-29-27/h6-16,21H,1,17-19H2,2-5H3. The van der Waals surface area contributed by atoms with Crippen molar-refractivity contribution in [1.29, 1.82) is 0 Å². The Labute approximate surface area is 197 Å². The minimum atomic E-state index is 0.341. The molecule has 0 amide bonds. The summed E-state index contributed by atoms with van der Waals surface area (Å²) in [6, 6.07) is 20.8. The maximum absolute atomic E-state index is 5.76. The number of methoxy groups -OCH3 is 1. The molecular weight excluding hydrogens is 408 g/mol. The number of allylic oxidation sites excluding steroid dienone is 1. The Balaban J connectivity index is 1.54. The van der Waals surface area contributed by atoms with Gasteiger partial charge in [0.05, 0.1) is 19.4 Å². The van der Waals surface area contributed by atoms with Gasteiger partial charge in [-0.3, -0.25) is 5.01 Å². The highest BCUT2D eigenvalue weighted by Gasteiger charge is 2.25. The van der Waals surface area contributed by atoms with Gasteiger partial charge in [-0.05, 0) is 36.2 Å². The molecule has 1 unspecified atom stereocenters. The number of nitrogens with zero attached hydrogens (tertiary/aromatic N) is 4. The Morgan fingerprint density at radius 2 is 1.91 bits per heavy atom. The first kappa shape index (κ1) is 22.6. The molecule has 0 radical (unpaired) electrons. The fourth-order valence-electron chi connectivity index (χ4n) is 4.36. The summed E-state index contributed by atoms with van der Waals surface area (Å²) in [4.78, 5) is 6.55. The summed E-state index contributed by atoms with van der Waals surface area (Å²) < 4.78 is 5.76. The average molecular weight is 441 g/mol. The maximum atomic E-state index is 5.76. The Morgan fingerprint density at radius 1 is 1.12 bits per heavy atom. The number of pyridine rings is 1. The molecule has 0 saturated carbocycles. The van der Waals surface area contributed by atoms with E-state index in [1.165, 1.54) is 11.1 Å². The summed E-state index contributed by atoms with van der Waals surface area (Å²) in [5.41, 5.74) is 6.88. The number of aromatic nitrogens is 1. The minimum Gasteiger partial charge on any atom is -0.496 e. The molecule has 0 bridgehead atoms. The lowest BCUT2D eigenvalue weighted by Crippen LogP contribution is -2.19. The van der Waals surface area contributed by atoms with Gasteiger partial charge in [0.1, 0.15) is 11.6 Å². The normalized spacial score (nSPS) is 15.3. The van der Waals surface area contributed by atoms with Crippen LogP contribution in [0.1, 0.15) is 36.1 Å². The molecule has 2 aromatic carbocycles. The van der Waals surface area contributed by atoms with Crippen LogP contribution >= 0.6 is 0 Å². The van der Waals surface area contributed by atoms with Crippen LogP contribution in [0.2, 0.25) is 0 Å². The smallest absolute Gasteiger partial charge is 0.128 e. The van der Waals surface area contributed by atoms with E-state index in [9.17, 15) is 0 Å². The van der Waals surface area contributed by atoms with Gasteiger partial charge in [0.15, 0.2) is 0 Å². The first-order chi connectivity index (χ1) is 16.0. The van der Waals surface area contributed by atoms with Gasteiger partial charge < -0.3 is 9.64 Å². The van der Waals surface area contributed by atoms with Crippen molar-refractivity contribution >= 4 is 17.1 Å². The molecule has 0 saturated heterocycles. The highest BCUT2D eigenvalue weighted by atomic mass is 16.5. The van der Waals surface area contributed by atoms with Crippen molar-refractivity contribution in [3.05, 3.63) is 95.7 Å². The van der Waals surface area contributed by atoms with Crippen molar-refractivity contribution in [2.75, 3.05) is 25.6 Å². The monoisotopic (exact) mass is 440 g/mol. The fraction of sp³-hybridized carbons (Fsp3) is 0.286. The zero-order valence-corrected chi connectivity index (χ0v) is 20.0. The van der Waals surface area contributed by atoms with Crippen LogP contribution in [0.3, 0.4) is 0 Å². The van der Waals surface area contributed by atoms with Crippen LogP contribution in [0, 0.1) is 5.92 Å². The van der Waals surface area contributed by atoms with Crippen LogP contribution < -0.4 is 9.64 Å². The van der Waals surface area contributed by atoms with E-state index >= 15 is 0 Å². The lowest BCUT2D eigenvalue weighted by Gasteiger charge is -2.20. The molecule has 170 valence electrons. The summed E-state index contributed by atoms with van der Waals surface area (Å²) in [6.07, 6.45) is 1.81. The third-order valence-corrected chi connectivity index (χ3v) is 6.06. The van der Waals surface area contributed by atoms with Crippen LogP contribution in [-0.4, -0.2) is 36.4 Å². The van der Waals surface area contributed by atoms with Gasteiger partial charge in [0.25, 0.3) is 0 Å². The molecule has 1 aliphatic rings. The number of anilines is 1. The second-order valence-electron chi connectivity index (χ2n) is 8.74. The molecule has 33 heavy (non-hydrogen) atoms. The van der Waals surface area contributed by atoms with E-state index in [4.69, 9.17) is 9.84 Å². The van der Waals surface area contributed by atoms with Gasteiger partial charge >= 0.3 is 0 Å². The highest BCUT2D eigenvalue weighted by Crippen LogP contribution is 2.28. The van der Waals surface area contributed by atoms with Crippen LogP contribution in [-0.2, 0) is 13.1 Å². The second-order valence-corrected chi connectivity index (χ2v) is 8.74. The summed E-state index contributed by atoms with van der Waals surface area (Å²) in [5.74, 6) is 2.15. The number of benzene rings is 2. The van der Waals surface area contributed by atoms with Gasteiger partial charge in [-0.25, -0.2) is 4.98 Å². The predicted octanol–water partition coefficient (Wildman–Crippen LogP) is 5.62. The minimum absolute atomic E-state index is 0.341. The molecule has 1 aliphatic heterocycles. The molecule has 1 aromatic heterocycles. The van der Waals surface area contributed by atoms with Crippen molar-refractivity contribution in [3.8, 4) is 5.75 Å². The van der Waals surface area contributed by atoms with E-state index in [2.05, 4.69) is 77.8 Å². The summed E-state index contributed by atoms with van der Waals surface area (Å²) in [5, 5.41) is 7.16. The lowest BCUT2D eigenvalue weighted by molar-refractivity contribution is 0.292.